The number of anilines is 1. The van der Waals surface area contributed by atoms with E-state index in [-0.39, 0.29) is 12.0 Å². The molecule has 0 bridgehead atoms. The van der Waals surface area contributed by atoms with E-state index in [9.17, 15) is 18.0 Å². The van der Waals surface area contributed by atoms with Crippen LogP contribution in [-0.2, 0) is 11.0 Å². The maximum absolute atomic E-state index is 13.0. The van der Waals surface area contributed by atoms with E-state index in [4.69, 9.17) is 4.79 Å². The molecular formula is C27H24F3N5O2. The van der Waals surface area contributed by atoms with Gasteiger partial charge in [-0.3, -0.25) is 24.5 Å². The second-order valence-corrected chi connectivity index (χ2v) is 8.12. The summed E-state index contributed by atoms with van der Waals surface area (Å²) in [5, 5.41) is 2.68. The van der Waals surface area contributed by atoms with Crippen molar-refractivity contribution in [3.05, 3.63) is 95.2 Å². The number of nitrogens with two attached hydrogens (primary N) is 1. The second kappa shape index (κ2) is 11.4. The number of aromatic nitrogens is 3. The van der Waals surface area contributed by atoms with Crippen molar-refractivity contribution in [3.8, 4) is 22.4 Å². The number of nitrogens with one attached hydrogen (secondary N) is 1. The lowest BCUT2D eigenvalue weighted by Crippen LogP contribution is -2.15. The normalized spacial score (nSPS) is 10.8. The molecule has 0 radical (unpaired) electrons. The largest absolute Gasteiger partial charge is 0.433 e. The topological polar surface area (TPSA) is 111 Å². The number of hydrogen-bond acceptors (Lipinski definition) is 5. The standard InChI is InChI=1S/C26H21F3N4O.CH3NO/c1-15-4-5-21(33-25(34)19-7-9-31-24(13-19)26(27,28)29)14-22(15)20-11-17(3)32-23(12-20)18-6-8-30-16(2)10-18;2-1-3/h4-14H,1-3H3,(H,33,34);1H,(H2,2,3). The molecule has 190 valence electrons. The quantitative estimate of drug-likeness (QED) is 0.354. The third-order valence-electron chi connectivity index (χ3n) is 5.26. The third kappa shape index (κ3) is 6.97. The fourth-order valence-corrected chi connectivity index (χ4v) is 3.62. The molecular weight excluding hydrogens is 483 g/mol. The van der Waals surface area contributed by atoms with Gasteiger partial charge >= 0.3 is 6.18 Å². The first-order valence-corrected chi connectivity index (χ1v) is 11.0. The first-order chi connectivity index (χ1) is 17.5. The van der Waals surface area contributed by atoms with Crippen molar-refractivity contribution in [2.45, 2.75) is 26.9 Å². The number of carbonyl (C=O) groups is 2. The molecule has 0 atom stereocenters. The van der Waals surface area contributed by atoms with E-state index in [1.807, 2.05) is 51.1 Å². The smallest absolute Gasteiger partial charge is 0.372 e. The Morgan fingerprint density at radius 1 is 0.892 bits per heavy atom. The SMILES string of the molecule is Cc1cc(-c2cc(-c3cc(NC(=O)c4ccnc(C(F)(F)F)c4)ccc3C)cc(C)n2)ccn1.NC=O. The Kier molecular flexibility index (Phi) is 8.33. The van der Waals surface area contributed by atoms with Gasteiger partial charge in [0, 0.05) is 40.6 Å². The first kappa shape index (κ1) is 27.0. The highest BCUT2D eigenvalue weighted by atomic mass is 19.4. The van der Waals surface area contributed by atoms with E-state index in [1.54, 1.807) is 18.3 Å². The number of rotatable bonds is 4. The third-order valence-corrected chi connectivity index (χ3v) is 5.26. The van der Waals surface area contributed by atoms with Gasteiger partial charge in [-0.15, -0.1) is 0 Å². The lowest BCUT2D eigenvalue weighted by Gasteiger charge is -2.13. The zero-order valence-corrected chi connectivity index (χ0v) is 20.3. The maximum atomic E-state index is 13.0. The van der Waals surface area contributed by atoms with Crippen LogP contribution in [-0.4, -0.2) is 27.3 Å². The molecule has 4 aromatic rings. The summed E-state index contributed by atoms with van der Waals surface area (Å²) in [5.41, 5.74) is 9.60. The minimum absolute atomic E-state index is 0.125. The summed E-state index contributed by atoms with van der Waals surface area (Å²) < 4.78 is 38.9. The molecule has 3 aromatic heterocycles. The highest BCUT2D eigenvalue weighted by molar-refractivity contribution is 6.04. The molecule has 0 aliphatic carbocycles. The van der Waals surface area contributed by atoms with Crippen LogP contribution >= 0.6 is 0 Å². The van der Waals surface area contributed by atoms with Crippen molar-refractivity contribution >= 4 is 18.0 Å². The van der Waals surface area contributed by atoms with Crippen LogP contribution in [0.15, 0.2) is 67.0 Å². The molecule has 0 aliphatic heterocycles. The van der Waals surface area contributed by atoms with E-state index in [1.165, 1.54) is 6.07 Å². The van der Waals surface area contributed by atoms with Crippen molar-refractivity contribution in [1.82, 2.24) is 15.0 Å². The summed E-state index contributed by atoms with van der Waals surface area (Å²) in [7, 11) is 0. The molecule has 0 saturated heterocycles. The molecule has 1 aromatic carbocycles. The van der Waals surface area contributed by atoms with Gasteiger partial charge in [0.15, 0.2) is 0 Å². The van der Waals surface area contributed by atoms with E-state index in [0.29, 0.717) is 5.69 Å². The monoisotopic (exact) mass is 507 g/mol. The van der Waals surface area contributed by atoms with Crippen LogP contribution in [0.3, 0.4) is 0 Å². The predicted octanol–water partition coefficient (Wildman–Crippen LogP) is 5.50. The number of hydrogen-bond donors (Lipinski definition) is 2. The molecule has 0 unspecified atom stereocenters. The van der Waals surface area contributed by atoms with Crippen molar-refractivity contribution in [2.24, 2.45) is 5.73 Å². The molecule has 0 aliphatic rings. The maximum Gasteiger partial charge on any atom is 0.433 e. The number of amides is 2. The molecule has 7 nitrogen and oxygen atoms in total. The number of primary amides is 1. The van der Waals surface area contributed by atoms with Gasteiger partial charge in [0.2, 0.25) is 6.41 Å². The number of aryl methyl sites for hydroxylation is 3. The number of alkyl halides is 3. The summed E-state index contributed by atoms with van der Waals surface area (Å²) in [4.78, 5) is 33.4. The van der Waals surface area contributed by atoms with E-state index in [2.05, 4.69) is 26.0 Å². The Hall–Kier alpha value is -4.60. The molecule has 0 saturated carbocycles. The summed E-state index contributed by atoms with van der Waals surface area (Å²) in [6.45, 7) is 5.77. The van der Waals surface area contributed by atoms with Crippen LogP contribution in [0, 0.1) is 20.8 Å². The van der Waals surface area contributed by atoms with Gasteiger partial charge in [-0.25, -0.2) is 0 Å². The molecule has 10 heteroatoms. The molecule has 0 spiro atoms. The Morgan fingerprint density at radius 2 is 1.57 bits per heavy atom. The average Bonchev–Trinajstić information content (AvgIpc) is 2.85. The number of pyridine rings is 3. The Balaban J connectivity index is 0.00000121. The number of nitrogens with zero attached hydrogens (tertiary/aromatic N) is 3. The van der Waals surface area contributed by atoms with E-state index < -0.39 is 17.8 Å². The highest BCUT2D eigenvalue weighted by Crippen LogP contribution is 2.31. The summed E-state index contributed by atoms with van der Waals surface area (Å²) in [6, 6.07) is 15.1. The van der Waals surface area contributed by atoms with Crippen LogP contribution in [0.4, 0.5) is 18.9 Å². The Morgan fingerprint density at radius 3 is 2.24 bits per heavy atom. The van der Waals surface area contributed by atoms with Crippen molar-refractivity contribution < 1.29 is 22.8 Å². The van der Waals surface area contributed by atoms with Crippen molar-refractivity contribution in [2.75, 3.05) is 5.32 Å². The molecule has 0 fully saturated rings. The van der Waals surface area contributed by atoms with Crippen molar-refractivity contribution in [1.29, 1.82) is 0 Å². The van der Waals surface area contributed by atoms with Gasteiger partial charge in [-0.2, -0.15) is 13.2 Å². The minimum Gasteiger partial charge on any atom is -0.372 e. The summed E-state index contributed by atoms with van der Waals surface area (Å²) in [6.07, 6.45) is -1.67. The van der Waals surface area contributed by atoms with Crippen LogP contribution in [0.2, 0.25) is 0 Å². The zero-order valence-electron chi connectivity index (χ0n) is 20.3. The van der Waals surface area contributed by atoms with E-state index >= 15 is 0 Å². The molecule has 3 heterocycles. The lowest BCUT2D eigenvalue weighted by molar-refractivity contribution is -0.141. The van der Waals surface area contributed by atoms with E-state index in [0.717, 1.165) is 51.6 Å². The van der Waals surface area contributed by atoms with Gasteiger partial charge in [0.1, 0.15) is 5.69 Å². The van der Waals surface area contributed by atoms with Crippen LogP contribution < -0.4 is 11.1 Å². The zero-order chi connectivity index (χ0) is 27.2. The van der Waals surface area contributed by atoms with Gasteiger partial charge in [-0.1, -0.05) is 6.07 Å². The number of benzene rings is 1. The minimum atomic E-state index is -4.63. The average molecular weight is 508 g/mol. The molecule has 2 amide bonds. The van der Waals surface area contributed by atoms with Crippen LogP contribution in [0.1, 0.15) is 33.0 Å². The van der Waals surface area contributed by atoms with Crippen molar-refractivity contribution in [3.63, 3.8) is 0 Å². The fourth-order valence-electron chi connectivity index (χ4n) is 3.62. The first-order valence-electron chi connectivity index (χ1n) is 11.0. The molecule has 4 rings (SSSR count). The van der Waals surface area contributed by atoms with Gasteiger partial charge in [0.25, 0.3) is 5.91 Å². The molecule has 37 heavy (non-hydrogen) atoms. The number of carbonyl (C=O) groups excluding carboxylic acids is 2. The highest BCUT2D eigenvalue weighted by Gasteiger charge is 2.33. The second-order valence-electron chi connectivity index (χ2n) is 8.12. The Bertz CT molecular complexity index is 1440. The van der Waals surface area contributed by atoms with Crippen LogP contribution in [0.25, 0.3) is 22.4 Å². The predicted molar refractivity (Wildman–Crippen MR) is 135 cm³/mol. The fraction of sp³-hybridized carbons (Fsp3) is 0.148. The summed E-state index contributed by atoms with van der Waals surface area (Å²) in [5.74, 6) is -0.651. The van der Waals surface area contributed by atoms with Gasteiger partial charge in [0.05, 0.1) is 5.69 Å². The number of halogens is 3. The Labute approximate surface area is 211 Å². The van der Waals surface area contributed by atoms with Crippen LogP contribution in [0.5, 0.6) is 0 Å². The molecule has 3 N–H and O–H groups in total. The van der Waals surface area contributed by atoms with Gasteiger partial charge in [-0.05, 0) is 86.0 Å². The summed E-state index contributed by atoms with van der Waals surface area (Å²) >= 11 is 0. The lowest BCUT2D eigenvalue weighted by atomic mass is 9.98. The van der Waals surface area contributed by atoms with Gasteiger partial charge < -0.3 is 11.1 Å².